The van der Waals surface area contributed by atoms with E-state index >= 15 is 0 Å². The lowest BCUT2D eigenvalue weighted by Gasteiger charge is -2.20. The van der Waals surface area contributed by atoms with Crippen molar-refractivity contribution in [1.82, 2.24) is 4.90 Å². The monoisotopic (exact) mass is 265 g/mol. The Morgan fingerprint density at radius 1 is 0.842 bits per heavy atom. The smallest absolute Gasteiger partial charge is 0.0193 e. The van der Waals surface area contributed by atoms with Gasteiger partial charge in [0.2, 0.25) is 0 Å². The standard InChI is InChI=1S/C18H35N/c1-6-8-9-10-11-12-15-19(7-2)16-18(5)14-13-17(3)4/h13-14H,6-12,15-16H2,1-5H3/b18-14+. The van der Waals surface area contributed by atoms with Gasteiger partial charge >= 0.3 is 0 Å². The minimum absolute atomic E-state index is 1.12. The maximum atomic E-state index is 2.56. The van der Waals surface area contributed by atoms with Crippen LogP contribution in [0, 0.1) is 0 Å². The summed E-state index contributed by atoms with van der Waals surface area (Å²) < 4.78 is 0. The Labute approximate surface area is 121 Å². The predicted octanol–water partition coefficient (Wildman–Crippen LogP) is 5.58. The first kappa shape index (κ1) is 18.4. The minimum Gasteiger partial charge on any atom is -0.300 e. The van der Waals surface area contributed by atoms with Crippen LogP contribution in [0.2, 0.25) is 0 Å². The van der Waals surface area contributed by atoms with Gasteiger partial charge in [0.15, 0.2) is 0 Å². The van der Waals surface area contributed by atoms with E-state index in [1.54, 1.807) is 0 Å². The summed E-state index contributed by atoms with van der Waals surface area (Å²) in [6, 6.07) is 0. The highest BCUT2D eigenvalue weighted by molar-refractivity contribution is 5.15. The zero-order valence-electron chi connectivity index (χ0n) is 14.0. The number of nitrogens with zero attached hydrogens (tertiary/aromatic N) is 1. The van der Waals surface area contributed by atoms with Gasteiger partial charge in [-0.2, -0.15) is 0 Å². The molecule has 112 valence electrons. The van der Waals surface area contributed by atoms with Crippen LogP contribution in [0.1, 0.15) is 73.1 Å². The number of hydrogen-bond donors (Lipinski definition) is 0. The summed E-state index contributed by atoms with van der Waals surface area (Å²) in [6.07, 6.45) is 12.8. The molecule has 19 heavy (non-hydrogen) atoms. The molecule has 0 aliphatic carbocycles. The third kappa shape index (κ3) is 12.2. The fraction of sp³-hybridized carbons (Fsp3) is 0.778. The van der Waals surface area contributed by atoms with Crippen LogP contribution in [-0.4, -0.2) is 24.5 Å². The number of unbranched alkanes of at least 4 members (excludes halogenated alkanes) is 5. The molecule has 0 fully saturated rings. The first-order chi connectivity index (χ1) is 9.10. The lowest BCUT2D eigenvalue weighted by Crippen LogP contribution is -2.26. The summed E-state index contributed by atoms with van der Waals surface area (Å²) in [4.78, 5) is 2.56. The molecular weight excluding hydrogens is 230 g/mol. The van der Waals surface area contributed by atoms with Crippen molar-refractivity contribution in [1.29, 1.82) is 0 Å². The summed E-state index contributed by atoms with van der Waals surface area (Å²) in [5.74, 6) is 0. The van der Waals surface area contributed by atoms with Crippen LogP contribution in [0.25, 0.3) is 0 Å². The summed E-state index contributed by atoms with van der Waals surface area (Å²) in [5, 5.41) is 0. The third-order valence-electron chi connectivity index (χ3n) is 3.45. The minimum atomic E-state index is 1.12. The normalized spacial score (nSPS) is 12.0. The second-order valence-electron chi connectivity index (χ2n) is 5.89. The lowest BCUT2D eigenvalue weighted by atomic mass is 10.1. The largest absolute Gasteiger partial charge is 0.300 e. The molecule has 0 atom stereocenters. The average Bonchev–Trinajstić information content (AvgIpc) is 2.39. The van der Waals surface area contributed by atoms with Gasteiger partial charge in [-0.05, 0) is 40.3 Å². The molecule has 0 aromatic carbocycles. The van der Waals surface area contributed by atoms with Crippen LogP contribution in [-0.2, 0) is 0 Å². The zero-order valence-corrected chi connectivity index (χ0v) is 14.0. The molecule has 0 aromatic rings. The maximum absolute atomic E-state index is 2.56. The Balaban J connectivity index is 3.82. The van der Waals surface area contributed by atoms with Crippen molar-refractivity contribution in [2.75, 3.05) is 19.6 Å². The van der Waals surface area contributed by atoms with Crippen molar-refractivity contribution >= 4 is 0 Å². The second-order valence-corrected chi connectivity index (χ2v) is 5.89. The van der Waals surface area contributed by atoms with Crippen LogP contribution in [0.4, 0.5) is 0 Å². The van der Waals surface area contributed by atoms with Crippen molar-refractivity contribution in [3.63, 3.8) is 0 Å². The quantitative estimate of drug-likeness (QED) is 0.348. The van der Waals surface area contributed by atoms with E-state index in [1.807, 2.05) is 0 Å². The molecule has 0 aromatic heterocycles. The van der Waals surface area contributed by atoms with Gasteiger partial charge in [-0.3, -0.25) is 4.90 Å². The van der Waals surface area contributed by atoms with E-state index in [0.29, 0.717) is 0 Å². The van der Waals surface area contributed by atoms with Crippen LogP contribution in [0.3, 0.4) is 0 Å². The van der Waals surface area contributed by atoms with Gasteiger partial charge < -0.3 is 0 Å². The van der Waals surface area contributed by atoms with Crippen LogP contribution < -0.4 is 0 Å². The van der Waals surface area contributed by atoms with Gasteiger partial charge in [-0.1, -0.05) is 69.2 Å². The average molecular weight is 265 g/mol. The number of likely N-dealkylation sites (N-methyl/N-ethyl adjacent to an activating group) is 1. The highest BCUT2D eigenvalue weighted by atomic mass is 15.1. The van der Waals surface area contributed by atoms with Crippen molar-refractivity contribution in [3.8, 4) is 0 Å². The van der Waals surface area contributed by atoms with Gasteiger partial charge in [0, 0.05) is 6.54 Å². The molecule has 0 N–H and O–H groups in total. The molecule has 0 aliphatic heterocycles. The third-order valence-corrected chi connectivity index (χ3v) is 3.45. The Bertz CT molecular complexity index is 259. The van der Waals surface area contributed by atoms with Crippen LogP contribution >= 0.6 is 0 Å². The second kappa shape index (κ2) is 12.5. The Morgan fingerprint density at radius 3 is 2.05 bits per heavy atom. The van der Waals surface area contributed by atoms with Gasteiger partial charge in [-0.25, -0.2) is 0 Å². The lowest BCUT2D eigenvalue weighted by molar-refractivity contribution is 0.303. The summed E-state index contributed by atoms with van der Waals surface area (Å²) >= 11 is 0. The molecule has 0 bridgehead atoms. The first-order valence-corrected chi connectivity index (χ1v) is 8.13. The van der Waals surface area contributed by atoms with Crippen LogP contribution in [0.15, 0.2) is 23.3 Å². The molecule has 0 rings (SSSR count). The summed E-state index contributed by atoms with van der Waals surface area (Å²) in [5.41, 5.74) is 2.84. The number of rotatable bonds is 11. The van der Waals surface area contributed by atoms with Crippen LogP contribution in [0.5, 0.6) is 0 Å². The molecule has 0 aliphatic rings. The fourth-order valence-electron chi connectivity index (χ4n) is 2.18. The predicted molar refractivity (Wildman–Crippen MR) is 88.7 cm³/mol. The van der Waals surface area contributed by atoms with E-state index < -0.39 is 0 Å². The zero-order chi connectivity index (χ0) is 14.5. The van der Waals surface area contributed by atoms with E-state index in [2.05, 4.69) is 51.7 Å². The summed E-state index contributed by atoms with van der Waals surface area (Å²) in [6.45, 7) is 14.6. The van der Waals surface area contributed by atoms with Crippen molar-refractivity contribution in [3.05, 3.63) is 23.3 Å². The van der Waals surface area contributed by atoms with Gasteiger partial charge in [0.25, 0.3) is 0 Å². The SMILES string of the molecule is CCCCCCCCN(CC)C/C(C)=C/C=C(C)C. The molecule has 0 unspecified atom stereocenters. The Hall–Kier alpha value is -0.560. The van der Waals surface area contributed by atoms with E-state index in [4.69, 9.17) is 0 Å². The molecule has 0 heterocycles. The van der Waals surface area contributed by atoms with E-state index in [9.17, 15) is 0 Å². The highest BCUT2D eigenvalue weighted by Crippen LogP contribution is 2.07. The topological polar surface area (TPSA) is 3.24 Å². The van der Waals surface area contributed by atoms with Gasteiger partial charge in [-0.15, -0.1) is 0 Å². The molecule has 0 radical (unpaired) electrons. The fourth-order valence-corrected chi connectivity index (χ4v) is 2.18. The van der Waals surface area contributed by atoms with Crippen molar-refractivity contribution in [2.24, 2.45) is 0 Å². The maximum Gasteiger partial charge on any atom is 0.0193 e. The molecule has 0 spiro atoms. The van der Waals surface area contributed by atoms with Gasteiger partial charge in [0.1, 0.15) is 0 Å². The van der Waals surface area contributed by atoms with Crippen molar-refractivity contribution in [2.45, 2.75) is 73.1 Å². The first-order valence-electron chi connectivity index (χ1n) is 8.13. The Kier molecular flexibility index (Phi) is 12.1. The van der Waals surface area contributed by atoms with E-state index in [-0.39, 0.29) is 0 Å². The molecule has 0 saturated carbocycles. The number of allylic oxidation sites excluding steroid dienone is 3. The summed E-state index contributed by atoms with van der Waals surface area (Å²) in [7, 11) is 0. The Morgan fingerprint density at radius 2 is 1.47 bits per heavy atom. The molecule has 0 amide bonds. The van der Waals surface area contributed by atoms with E-state index in [0.717, 1.165) is 13.1 Å². The highest BCUT2D eigenvalue weighted by Gasteiger charge is 2.02. The molecular formula is C18H35N. The van der Waals surface area contributed by atoms with Gasteiger partial charge in [0.05, 0.1) is 0 Å². The molecule has 1 nitrogen and oxygen atoms in total. The number of hydrogen-bond acceptors (Lipinski definition) is 1. The molecule has 0 saturated heterocycles. The van der Waals surface area contributed by atoms with E-state index in [1.165, 1.54) is 56.2 Å². The molecule has 1 heteroatoms. The van der Waals surface area contributed by atoms with Crippen molar-refractivity contribution < 1.29 is 0 Å².